The highest BCUT2D eigenvalue weighted by atomic mass is 16.5. The fourth-order valence-electron chi connectivity index (χ4n) is 0.401. The highest BCUT2D eigenvalue weighted by molar-refractivity contribution is 4.98. The minimum Gasteiger partial charge on any atom is -0.364 e. The maximum absolute atomic E-state index is 4.56. The summed E-state index contributed by atoms with van der Waals surface area (Å²) in [6, 6.07) is 0. The zero-order valence-electron chi connectivity index (χ0n) is 4.22. The fraction of sp³-hybridized carbons (Fsp3) is 0.400. The monoisotopic (exact) mass is 97.1 g/mol. The van der Waals surface area contributed by atoms with Crippen LogP contribution in [-0.4, -0.2) is 5.16 Å². The Morgan fingerprint density at radius 2 is 2.71 bits per heavy atom. The summed E-state index contributed by atoms with van der Waals surface area (Å²) in [5.74, 6) is 0. The van der Waals surface area contributed by atoms with E-state index in [0.29, 0.717) is 0 Å². The molecule has 0 N–H and O–H groups in total. The summed E-state index contributed by atoms with van der Waals surface area (Å²) in [7, 11) is 0. The summed E-state index contributed by atoms with van der Waals surface area (Å²) in [6.07, 6.45) is 4.38. The second-order valence-electron chi connectivity index (χ2n) is 1.39. The number of nitrogens with zero attached hydrogens (tertiary/aromatic N) is 1. The molecule has 0 saturated carbocycles. The van der Waals surface area contributed by atoms with Crippen molar-refractivity contribution in [2.75, 3.05) is 0 Å². The lowest BCUT2D eigenvalue weighted by Gasteiger charge is -1.74. The molecule has 0 aliphatic carbocycles. The maximum atomic E-state index is 4.56. The lowest BCUT2D eigenvalue weighted by Crippen LogP contribution is -1.67. The minimum atomic E-state index is 1.00. The summed E-state index contributed by atoms with van der Waals surface area (Å²) < 4.78 is 4.56. The number of hydrogen-bond donors (Lipinski definition) is 0. The summed E-state index contributed by atoms with van der Waals surface area (Å²) in [4.78, 5) is 0. The van der Waals surface area contributed by atoms with Gasteiger partial charge in [-0.1, -0.05) is 12.1 Å². The molecule has 1 rings (SSSR count). The van der Waals surface area contributed by atoms with Crippen molar-refractivity contribution >= 4 is 0 Å². The molecule has 2 heteroatoms. The van der Waals surface area contributed by atoms with Gasteiger partial charge in [0.15, 0.2) is 0 Å². The van der Waals surface area contributed by atoms with E-state index < -0.39 is 0 Å². The first-order valence-electron chi connectivity index (χ1n) is 2.31. The van der Waals surface area contributed by atoms with Crippen LogP contribution in [0.15, 0.2) is 17.0 Å². The van der Waals surface area contributed by atoms with Crippen LogP contribution >= 0.6 is 0 Å². The molecular weight excluding hydrogens is 90.1 g/mol. The molecule has 0 aromatic carbocycles. The summed E-state index contributed by atoms with van der Waals surface area (Å²) in [5, 5.41) is 3.52. The lowest BCUT2D eigenvalue weighted by molar-refractivity contribution is 0.419. The SMILES string of the molecule is CCc1cnoc1. The van der Waals surface area contributed by atoms with Crippen LogP contribution in [0.5, 0.6) is 0 Å². The molecule has 0 atom stereocenters. The second-order valence-corrected chi connectivity index (χ2v) is 1.39. The molecule has 0 bridgehead atoms. The zero-order valence-corrected chi connectivity index (χ0v) is 4.22. The van der Waals surface area contributed by atoms with Gasteiger partial charge in [-0.05, 0) is 6.42 Å². The molecule has 7 heavy (non-hydrogen) atoms. The Balaban J connectivity index is 2.76. The van der Waals surface area contributed by atoms with Gasteiger partial charge in [0.25, 0.3) is 0 Å². The summed E-state index contributed by atoms with van der Waals surface area (Å²) in [6.45, 7) is 2.06. The highest BCUT2D eigenvalue weighted by Gasteiger charge is 1.85. The van der Waals surface area contributed by atoms with E-state index in [1.807, 2.05) is 0 Å². The normalized spacial score (nSPS) is 9.29. The Morgan fingerprint density at radius 1 is 1.86 bits per heavy atom. The van der Waals surface area contributed by atoms with Gasteiger partial charge >= 0.3 is 0 Å². The van der Waals surface area contributed by atoms with Gasteiger partial charge in [-0.3, -0.25) is 0 Å². The molecule has 38 valence electrons. The topological polar surface area (TPSA) is 26.0 Å². The smallest absolute Gasteiger partial charge is 0.126 e. The van der Waals surface area contributed by atoms with Crippen LogP contribution in [0.3, 0.4) is 0 Å². The third-order valence-corrected chi connectivity index (χ3v) is 0.892. The van der Waals surface area contributed by atoms with Gasteiger partial charge in [-0.15, -0.1) is 0 Å². The van der Waals surface area contributed by atoms with Crippen molar-refractivity contribution in [2.24, 2.45) is 0 Å². The van der Waals surface area contributed by atoms with Crippen molar-refractivity contribution in [3.8, 4) is 0 Å². The Hall–Kier alpha value is -0.790. The molecule has 0 fully saturated rings. The van der Waals surface area contributed by atoms with Crippen molar-refractivity contribution in [3.63, 3.8) is 0 Å². The first kappa shape index (κ1) is 4.37. The van der Waals surface area contributed by atoms with E-state index in [1.165, 1.54) is 0 Å². The Morgan fingerprint density at radius 3 is 3.00 bits per heavy atom. The molecule has 0 aliphatic heterocycles. The molecule has 1 heterocycles. The average Bonchev–Trinajstić information content (AvgIpc) is 2.14. The minimum absolute atomic E-state index is 1.00. The molecule has 0 aliphatic rings. The molecule has 1 aromatic heterocycles. The lowest BCUT2D eigenvalue weighted by atomic mass is 10.3. The van der Waals surface area contributed by atoms with Crippen LogP contribution in [0.25, 0.3) is 0 Å². The van der Waals surface area contributed by atoms with Crippen LogP contribution in [0.1, 0.15) is 12.5 Å². The van der Waals surface area contributed by atoms with Gasteiger partial charge in [-0.25, -0.2) is 0 Å². The van der Waals surface area contributed by atoms with E-state index in [1.54, 1.807) is 12.5 Å². The van der Waals surface area contributed by atoms with Gasteiger partial charge in [-0.2, -0.15) is 0 Å². The molecule has 0 radical (unpaired) electrons. The van der Waals surface area contributed by atoms with E-state index in [-0.39, 0.29) is 0 Å². The Labute approximate surface area is 42.1 Å². The van der Waals surface area contributed by atoms with E-state index in [4.69, 9.17) is 0 Å². The second kappa shape index (κ2) is 1.78. The van der Waals surface area contributed by atoms with Crippen LogP contribution in [0.2, 0.25) is 0 Å². The summed E-state index contributed by atoms with van der Waals surface area (Å²) in [5.41, 5.74) is 1.15. The molecule has 0 unspecified atom stereocenters. The molecule has 0 spiro atoms. The third kappa shape index (κ3) is 0.796. The molecule has 1 aromatic rings. The largest absolute Gasteiger partial charge is 0.364 e. The maximum Gasteiger partial charge on any atom is 0.126 e. The molecule has 2 nitrogen and oxygen atoms in total. The number of aryl methyl sites for hydroxylation is 1. The predicted octanol–water partition coefficient (Wildman–Crippen LogP) is 1.24. The first-order chi connectivity index (χ1) is 3.43. The number of aromatic nitrogens is 1. The van der Waals surface area contributed by atoms with E-state index in [2.05, 4.69) is 16.6 Å². The van der Waals surface area contributed by atoms with E-state index in [0.717, 1.165) is 12.0 Å². The summed E-state index contributed by atoms with van der Waals surface area (Å²) >= 11 is 0. The van der Waals surface area contributed by atoms with E-state index in [9.17, 15) is 0 Å². The Bertz CT molecular complexity index is 123. The van der Waals surface area contributed by atoms with Crippen molar-refractivity contribution < 1.29 is 4.52 Å². The zero-order chi connectivity index (χ0) is 5.11. The fourth-order valence-corrected chi connectivity index (χ4v) is 0.401. The molecule has 0 saturated heterocycles. The van der Waals surface area contributed by atoms with Crippen LogP contribution in [0.4, 0.5) is 0 Å². The van der Waals surface area contributed by atoms with Gasteiger partial charge in [0, 0.05) is 5.56 Å². The first-order valence-corrected chi connectivity index (χ1v) is 2.31. The number of hydrogen-bond acceptors (Lipinski definition) is 2. The molecule has 0 amide bonds. The van der Waals surface area contributed by atoms with Crippen LogP contribution in [0, 0.1) is 0 Å². The van der Waals surface area contributed by atoms with Gasteiger partial charge in [0.1, 0.15) is 6.26 Å². The third-order valence-electron chi connectivity index (χ3n) is 0.892. The van der Waals surface area contributed by atoms with Crippen LogP contribution in [-0.2, 0) is 6.42 Å². The van der Waals surface area contributed by atoms with Gasteiger partial charge < -0.3 is 4.52 Å². The van der Waals surface area contributed by atoms with Gasteiger partial charge in [0.2, 0.25) is 0 Å². The standard InChI is InChI=1S/C5H7NO/c1-2-5-3-6-7-4-5/h3-4H,2H2,1H3. The highest BCUT2D eigenvalue weighted by Crippen LogP contribution is 1.94. The molecular formula is C5H7NO. The van der Waals surface area contributed by atoms with Crippen molar-refractivity contribution in [3.05, 3.63) is 18.0 Å². The van der Waals surface area contributed by atoms with Crippen molar-refractivity contribution in [2.45, 2.75) is 13.3 Å². The van der Waals surface area contributed by atoms with Gasteiger partial charge in [0.05, 0.1) is 6.20 Å². The average molecular weight is 97.1 g/mol. The van der Waals surface area contributed by atoms with E-state index >= 15 is 0 Å². The van der Waals surface area contributed by atoms with Crippen molar-refractivity contribution in [1.29, 1.82) is 0 Å². The predicted molar refractivity (Wildman–Crippen MR) is 25.9 cm³/mol. The Kier molecular flexibility index (Phi) is 1.11. The number of rotatable bonds is 1. The van der Waals surface area contributed by atoms with Crippen molar-refractivity contribution in [1.82, 2.24) is 5.16 Å². The van der Waals surface area contributed by atoms with Crippen LogP contribution < -0.4 is 0 Å². The quantitative estimate of drug-likeness (QED) is 0.527.